The standard InChI is InChI=1S/C19H24O3S/c1-12-16-9-15(19(16,2)3)10-17(12)22-18(20)14-7-5-6-13(8-14)11-23(4)21/h5-8,15-17H,1,9-11H2,2-4H3/t15-,16+,17+,23+/m1/s1. The minimum atomic E-state index is -0.924. The van der Waals surface area contributed by atoms with E-state index in [2.05, 4.69) is 20.4 Å². The van der Waals surface area contributed by atoms with Gasteiger partial charge in [0.05, 0.1) is 5.56 Å². The van der Waals surface area contributed by atoms with Crippen LogP contribution < -0.4 is 0 Å². The first-order valence-electron chi connectivity index (χ1n) is 8.07. The van der Waals surface area contributed by atoms with Gasteiger partial charge in [0.2, 0.25) is 0 Å². The molecule has 1 aromatic carbocycles. The van der Waals surface area contributed by atoms with Crippen LogP contribution in [0, 0.1) is 17.3 Å². The van der Waals surface area contributed by atoms with Gasteiger partial charge in [-0.05, 0) is 53.4 Å². The molecule has 0 spiro atoms. The highest BCUT2D eigenvalue weighted by Gasteiger charge is 2.55. The van der Waals surface area contributed by atoms with Crippen molar-refractivity contribution in [1.82, 2.24) is 0 Å². The van der Waals surface area contributed by atoms with Crippen LogP contribution in [0.25, 0.3) is 0 Å². The molecule has 0 N–H and O–H groups in total. The third-order valence-electron chi connectivity index (χ3n) is 5.61. The predicted molar refractivity (Wildman–Crippen MR) is 92.6 cm³/mol. The predicted octanol–water partition coefficient (Wildman–Crippen LogP) is 3.71. The number of fused-ring (bicyclic) bond motifs is 2. The van der Waals surface area contributed by atoms with Crippen LogP contribution in [0.3, 0.4) is 0 Å². The van der Waals surface area contributed by atoms with E-state index in [1.54, 1.807) is 18.4 Å². The van der Waals surface area contributed by atoms with Crippen molar-refractivity contribution in [2.24, 2.45) is 17.3 Å². The molecule has 3 saturated carbocycles. The first-order chi connectivity index (χ1) is 10.8. The fourth-order valence-corrected chi connectivity index (χ4v) is 4.67. The van der Waals surface area contributed by atoms with E-state index in [4.69, 9.17) is 4.74 Å². The molecule has 2 bridgehead atoms. The number of hydrogen-bond acceptors (Lipinski definition) is 3. The summed E-state index contributed by atoms with van der Waals surface area (Å²) in [5.41, 5.74) is 2.79. The summed E-state index contributed by atoms with van der Waals surface area (Å²) in [7, 11) is -0.924. The summed E-state index contributed by atoms with van der Waals surface area (Å²) in [5.74, 6) is 1.23. The Morgan fingerprint density at radius 3 is 2.74 bits per heavy atom. The second kappa shape index (κ2) is 5.90. The normalized spacial score (nSPS) is 29.5. The maximum Gasteiger partial charge on any atom is 0.338 e. The molecule has 3 aliphatic rings. The molecule has 124 valence electrons. The van der Waals surface area contributed by atoms with Crippen molar-refractivity contribution < 1.29 is 13.7 Å². The maximum atomic E-state index is 12.4. The van der Waals surface area contributed by atoms with Crippen LogP contribution in [-0.4, -0.2) is 22.5 Å². The fraction of sp³-hybridized carbons (Fsp3) is 0.526. The molecule has 0 aromatic heterocycles. The van der Waals surface area contributed by atoms with E-state index in [0.29, 0.717) is 28.6 Å². The second-order valence-electron chi connectivity index (χ2n) is 7.43. The monoisotopic (exact) mass is 332 g/mol. The SMILES string of the molecule is C=C1[C@@H](OC(=O)c2cccc(C[S@](C)=O)c2)C[C@H]2C[C@@H]1C2(C)C. The molecule has 3 nitrogen and oxygen atoms in total. The Bertz CT molecular complexity index is 677. The quantitative estimate of drug-likeness (QED) is 0.623. The van der Waals surface area contributed by atoms with E-state index < -0.39 is 10.8 Å². The van der Waals surface area contributed by atoms with Gasteiger partial charge in [-0.15, -0.1) is 0 Å². The number of hydrogen-bond donors (Lipinski definition) is 0. The number of rotatable bonds is 4. The van der Waals surface area contributed by atoms with Crippen LogP contribution >= 0.6 is 0 Å². The summed E-state index contributed by atoms with van der Waals surface area (Å²) in [6.07, 6.45) is 3.55. The van der Waals surface area contributed by atoms with Gasteiger partial charge in [0, 0.05) is 22.8 Å². The zero-order valence-corrected chi connectivity index (χ0v) is 14.8. The molecule has 0 unspecified atom stereocenters. The van der Waals surface area contributed by atoms with E-state index in [-0.39, 0.29) is 12.1 Å². The molecule has 0 radical (unpaired) electrons. The van der Waals surface area contributed by atoms with Crippen molar-refractivity contribution in [3.8, 4) is 0 Å². The van der Waals surface area contributed by atoms with E-state index in [0.717, 1.165) is 17.6 Å². The third kappa shape index (κ3) is 3.01. The molecule has 0 saturated heterocycles. The van der Waals surface area contributed by atoms with E-state index in [1.165, 1.54) is 6.42 Å². The number of ether oxygens (including phenoxy) is 1. The molecular formula is C19H24O3S. The molecule has 3 aliphatic carbocycles. The molecule has 0 amide bonds. The molecule has 0 heterocycles. The number of esters is 1. The van der Waals surface area contributed by atoms with Gasteiger partial charge in [-0.1, -0.05) is 32.6 Å². The highest BCUT2D eigenvalue weighted by Crippen LogP contribution is 2.61. The van der Waals surface area contributed by atoms with Gasteiger partial charge in [0.25, 0.3) is 0 Å². The lowest BCUT2D eigenvalue weighted by Crippen LogP contribution is -2.54. The highest BCUT2D eigenvalue weighted by molar-refractivity contribution is 7.83. The molecule has 4 heteroatoms. The van der Waals surface area contributed by atoms with E-state index >= 15 is 0 Å². The average Bonchev–Trinajstić information content (AvgIpc) is 2.48. The van der Waals surface area contributed by atoms with Crippen molar-refractivity contribution >= 4 is 16.8 Å². The van der Waals surface area contributed by atoms with Crippen LogP contribution in [0.4, 0.5) is 0 Å². The van der Waals surface area contributed by atoms with Gasteiger partial charge < -0.3 is 4.74 Å². The molecule has 0 aliphatic heterocycles. The number of carbonyl (C=O) groups is 1. The Kier molecular flexibility index (Phi) is 4.21. The molecule has 4 atom stereocenters. The first kappa shape index (κ1) is 16.4. The number of benzene rings is 1. The molecule has 1 aromatic rings. The lowest BCUT2D eigenvalue weighted by molar-refractivity contribution is -0.0769. The van der Waals surface area contributed by atoms with Crippen LogP contribution in [-0.2, 0) is 21.3 Å². The molecular weight excluding hydrogens is 308 g/mol. The Balaban J connectivity index is 1.68. The smallest absolute Gasteiger partial charge is 0.338 e. The van der Waals surface area contributed by atoms with Gasteiger partial charge in [-0.2, -0.15) is 0 Å². The third-order valence-corrected chi connectivity index (χ3v) is 6.35. The topological polar surface area (TPSA) is 43.4 Å². The summed E-state index contributed by atoms with van der Waals surface area (Å²) in [6.45, 7) is 8.76. The largest absolute Gasteiger partial charge is 0.454 e. The maximum absolute atomic E-state index is 12.4. The average molecular weight is 332 g/mol. The summed E-state index contributed by atoms with van der Waals surface area (Å²) in [4.78, 5) is 12.4. The van der Waals surface area contributed by atoms with Crippen molar-refractivity contribution in [2.75, 3.05) is 6.26 Å². The first-order valence-corrected chi connectivity index (χ1v) is 9.80. The molecule has 3 fully saturated rings. The van der Waals surface area contributed by atoms with Gasteiger partial charge >= 0.3 is 5.97 Å². The zero-order valence-electron chi connectivity index (χ0n) is 14.0. The Morgan fingerprint density at radius 2 is 2.13 bits per heavy atom. The molecule has 23 heavy (non-hydrogen) atoms. The minimum Gasteiger partial charge on any atom is -0.454 e. The molecule has 4 rings (SSSR count). The van der Waals surface area contributed by atoms with Gasteiger partial charge in [0.15, 0.2) is 0 Å². The zero-order chi connectivity index (χ0) is 16.8. The highest BCUT2D eigenvalue weighted by atomic mass is 32.2. The fourth-order valence-electron chi connectivity index (χ4n) is 4.02. The lowest BCUT2D eigenvalue weighted by Gasteiger charge is -2.59. The summed E-state index contributed by atoms with van der Waals surface area (Å²) >= 11 is 0. The summed E-state index contributed by atoms with van der Waals surface area (Å²) < 4.78 is 17.1. The van der Waals surface area contributed by atoms with Crippen molar-refractivity contribution in [3.63, 3.8) is 0 Å². The lowest BCUT2D eigenvalue weighted by atomic mass is 9.47. The van der Waals surface area contributed by atoms with Crippen LogP contribution in [0.5, 0.6) is 0 Å². The number of carbonyl (C=O) groups excluding carboxylic acids is 1. The van der Waals surface area contributed by atoms with Gasteiger partial charge in [-0.25, -0.2) is 4.79 Å². The van der Waals surface area contributed by atoms with Gasteiger partial charge in [0.1, 0.15) is 6.10 Å². The van der Waals surface area contributed by atoms with Gasteiger partial charge in [-0.3, -0.25) is 4.21 Å². The van der Waals surface area contributed by atoms with E-state index in [1.807, 2.05) is 12.1 Å². The van der Waals surface area contributed by atoms with E-state index in [9.17, 15) is 9.00 Å². The van der Waals surface area contributed by atoms with Crippen LogP contribution in [0.2, 0.25) is 0 Å². The Morgan fingerprint density at radius 1 is 1.39 bits per heavy atom. The van der Waals surface area contributed by atoms with Crippen molar-refractivity contribution in [1.29, 1.82) is 0 Å². The van der Waals surface area contributed by atoms with Crippen LogP contribution in [0.15, 0.2) is 36.4 Å². The summed E-state index contributed by atoms with van der Waals surface area (Å²) in [6, 6.07) is 7.23. The van der Waals surface area contributed by atoms with Crippen LogP contribution in [0.1, 0.15) is 42.6 Å². The second-order valence-corrected chi connectivity index (χ2v) is 8.86. The Labute approximate surface area is 140 Å². The summed E-state index contributed by atoms with van der Waals surface area (Å²) in [5, 5.41) is 0. The minimum absolute atomic E-state index is 0.164. The van der Waals surface area contributed by atoms with Crippen molar-refractivity contribution in [3.05, 3.63) is 47.5 Å². The Hall–Kier alpha value is -1.42. The van der Waals surface area contributed by atoms with Crippen molar-refractivity contribution in [2.45, 2.75) is 38.5 Å².